The number of fused-ring (bicyclic) bond motifs is 1. The molecular weight excluding hydrogens is 498 g/mol. The van der Waals surface area contributed by atoms with Crippen LogP contribution in [0.15, 0.2) is 48.5 Å². The minimum atomic E-state index is -1.02. The predicted molar refractivity (Wildman–Crippen MR) is 147 cm³/mol. The lowest BCUT2D eigenvalue weighted by molar-refractivity contribution is -0.121. The van der Waals surface area contributed by atoms with Gasteiger partial charge in [0, 0.05) is 31.7 Å². The van der Waals surface area contributed by atoms with Crippen LogP contribution in [0.2, 0.25) is 0 Å². The first-order valence-corrected chi connectivity index (χ1v) is 13.5. The summed E-state index contributed by atoms with van der Waals surface area (Å²) in [5, 5.41) is 16.8. The number of morpholine rings is 1. The van der Waals surface area contributed by atoms with Gasteiger partial charge in [0.2, 0.25) is 5.91 Å². The van der Waals surface area contributed by atoms with Crippen molar-refractivity contribution in [3.63, 3.8) is 0 Å². The Morgan fingerprint density at radius 1 is 1.13 bits per heavy atom. The third-order valence-corrected chi connectivity index (χ3v) is 6.85. The lowest BCUT2D eigenvalue weighted by atomic mass is 9.85. The highest BCUT2D eigenvalue weighted by molar-refractivity contribution is 5.78. The number of rotatable bonds is 7. The van der Waals surface area contributed by atoms with Crippen molar-refractivity contribution in [3.8, 4) is 5.75 Å². The van der Waals surface area contributed by atoms with Crippen molar-refractivity contribution in [2.24, 2.45) is 0 Å². The molecular formula is C30H41N3O6. The smallest absolute Gasteiger partial charge is 0.408 e. The van der Waals surface area contributed by atoms with Crippen LogP contribution in [-0.4, -0.2) is 71.7 Å². The Kier molecular flexibility index (Phi) is 8.83. The summed E-state index contributed by atoms with van der Waals surface area (Å²) < 4.78 is 17.3. The van der Waals surface area contributed by atoms with E-state index >= 15 is 0 Å². The van der Waals surface area contributed by atoms with E-state index in [1.807, 2.05) is 24.3 Å². The molecule has 4 rings (SSSR count). The number of carbonyl (C=O) groups excluding carboxylic acids is 2. The number of alkyl carbamates (subject to hydrolysis) is 1. The third kappa shape index (κ3) is 7.94. The van der Waals surface area contributed by atoms with Crippen molar-refractivity contribution in [2.45, 2.75) is 77.0 Å². The molecule has 3 atom stereocenters. The highest BCUT2D eigenvalue weighted by Crippen LogP contribution is 2.40. The molecule has 2 amide bonds. The van der Waals surface area contributed by atoms with Gasteiger partial charge in [-0.25, -0.2) is 4.79 Å². The molecule has 2 aliphatic rings. The minimum absolute atomic E-state index is 0.0804. The zero-order chi connectivity index (χ0) is 28.2. The van der Waals surface area contributed by atoms with Crippen molar-refractivity contribution in [1.29, 1.82) is 0 Å². The molecule has 1 saturated heterocycles. The van der Waals surface area contributed by atoms with Gasteiger partial charge in [-0.05, 0) is 57.9 Å². The number of aliphatic hydroxyl groups is 1. The van der Waals surface area contributed by atoms with Gasteiger partial charge < -0.3 is 30.0 Å². The zero-order valence-corrected chi connectivity index (χ0v) is 23.5. The Morgan fingerprint density at radius 2 is 1.87 bits per heavy atom. The van der Waals surface area contributed by atoms with Gasteiger partial charge in [0.1, 0.15) is 23.1 Å². The largest absolute Gasteiger partial charge is 0.485 e. The SMILES string of the molecule is CC(C)(C)OC(=O)N[C@@H]1c2cc(CC(=O)NCC3CN(Cc4ccccc4)CCO3)ccc2OC(C)(C)[C@H]1O. The van der Waals surface area contributed by atoms with Crippen molar-refractivity contribution < 1.29 is 28.9 Å². The topological polar surface area (TPSA) is 109 Å². The highest BCUT2D eigenvalue weighted by Gasteiger charge is 2.44. The molecule has 0 aromatic heterocycles. The number of hydrogen-bond acceptors (Lipinski definition) is 7. The molecule has 9 heteroatoms. The van der Waals surface area contributed by atoms with Gasteiger partial charge >= 0.3 is 6.09 Å². The third-order valence-electron chi connectivity index (χ3n) is 6.85. The monoisotopic (exact) mass is 539 g/mol. The summed E-state index contributed by atoms with van der Waals surface area (Å²) in [6.07, 6.45) is -1.59. The zero-order valence-electron chi connectivity index (χ0n) is 23.5. The van der Waals surface area contributed by atoms with Gasteiger partial charge in [-0.2, -0.15) is 0 Å². The van der Waals surface area contributed by atoms with E-state index in [0.717, 1.165) is 25.2 Å². The fourth-order valence-electron chi connectivity index (χ4n) is 4.92. The predicted octanol–water partition coefficient (Wildman–Crippen LogP) is 3.34. The van der Waals surface area contributed by atoms with Crippen LogP contribution < -0.4 is 15.4 Å². The van der Waals surface area contributed by atoms with Crippen LogP contribution >= 0.6 is 0 Å². The number of aliphatic hydroxyl groups excluding tert-OH is 1. The van der Waals surface area contributed by atoms with Crippen LogP contribution in [0.4, 0.5) is 4.79 Å². The van der Waals surface area contributed by atoms with Gasteiger partial charge in [-0.15, -0.1) is 0 Å². The Labute approximate surface area is 230 Å². The molecule has 2 aromatic carbocycles. The van der Waals surface area contributed by atoms with E-state index in [-0.39, 0.29) is 18.4 Å². The fourth-order valence-corrected chi connectivity index (χ4v) is 4.92. The van der Waals surface area contributed by atoms with Crippen molar-refractivity contribution in [3.05, 3.63) is 65.2 Å². The number of carbonyl (C=O) groups is 2. The average Bonchev–Trinajstić information content (AvgIpc) is 2.86. The molecule has 0 spiro atoms. The molecule has 3 N–H and O–H groups in total. The molecule has 2 aliphatic heterocycles. The van der Waals surface area contributed by atoms with Gasteiger partial charge in [0.15, 0.2) is 0 Å². The standard InChI is InChI=1S/C30H41N3O6/c1-29(2,3)39-28(36)32-26-23-15-21(11-12-24(23)38-30(4,5)27(26)35)16-25(34)31-17-22-19-33(13-14-37-22)18-20-9-7-6-8-10-20/h6-12,15,22,26-27,35H,13-14,16-19H2,1-5H3,(H,31,34)(H,32,36)/t22?,26-,27+/m1/s1. The maximum Gasteiger partial charge on any atom is 0.408 e. The Bertz CT molecular complexity index is 1150. The second-order valence-corrected chi connectivity index (χ2v) is 11.8. The summed E-state index contributed by atoms with van der Waals surface area (Å²) in [6, 6.07) is 15.0. The summed E-state index contributed by atoms with van der Waals surface area (Å²) in [7, 11) is 0. The maximum absolute atomic E-state index is 12.8. The first-order chi connectivity index (χ1) is 18.4. The molecule has 0 aliphatic carbocycles. The summed E-state index contributed by atoms with van der Waals surface area (Å²) in [5.74, 6) is 0.414. The van der Waals surface area contributed by atoms with Crippen molar-refractivity contribution in [2.75, 3.05) is 26.2 Å². The Hall–Kier alpha value is -3.14. The summed E-state index contributed by atoms with van der Waals surface area (Å²) >= 11 is 0. The van der Waals surface area contributed by atoms with E-state index in [1.165, 1.54) is 5.56 Å². The first kappa shape index (κ1) is 28.9. The van der Waals surface area contributed by atoms with E-state index in [9.17, 15) is 14.7 Å². The lowest BCUT2D eigenvalue weighted by Gasteiger charge is -2.42. The molecule has 1 fully saturated rings. The summed E-state index contributed by atoms with van der Waals surface area (Å²) in [4.78, 5) is 27.7. The lowest BCUT2D eigenvalue weighted by Crippen LogP contribution is -2.54. The van der Waals surface area contributed by atoms with E-state index < -0.39 is 29.4 Å². The van der Waals surface area contributed by atoms with E-state index in [1.54, 1.807) is 46.8 Å². The number of benzene rings is 2. The van der Waals surface area contributed by atoms with E-state index in [2.05, 4.69) is 27.7 Å². The number of nitrogens with zero attached hydrogens (tertiary/aromatic N) is 1. The molecule has 9 nitrogen and oxygen atoms in total. The van der Waals surface area contributed by atoms with Crippen LogP contribution in [0, 0.1) is 0 Å². The first-order valence-electron chi connectivity index (χ1n) is 13.5. The highest BCUT2D eigenvalue weighted by atomic mass is 16.6. The second-order valence-electron chi connectivity index (χ2n) is 11.8. The molecule has 0 bridgehead atoms. The molecule has 2 aromatic rings. The number of amides is 2. The summed E-state index contributed by atoms with van der Waals surface area (Å²) in [6.45, 7) is 12.4. The van der Waals surface area contributed by atoms with Gasteiger partial charge in [-0.3, -0.25) is 9.69 Å². The van der Waals surface area contributed by atoms with Crippen molar-refractivity contribution >= 4 is 12.0 Å². The Morgan fingerprint density at radius 3 is 2.59 bits per heavy atom. The van der Waals surface area contributed by atoms with Gasteiger partial charge in [0.05, 0.1) is 25.2 Å². The minimum Gasteiger partial charge on any atom is -0.485 e. The van der Waals surface area contributed by atoms with Gasteiger partial charge in [0.25, 0.3) is 0 Å². The molecule has 0 saturated carbocycles. The molecule has 0 radical (unpaired) electrons. The number of nitrogens with one attached hydrogen (secondary N) is 2. The van der Waals surface area contributed by atoms with Crippen LogP contribution in [0.1, 0.15) is 57.4 Å². The summed E-state index contributed by atoms with van der Waals surface area (Å²) in [5.41, 5.74) is 0.990. The van der Waals surface area contributed by atoms with E-state index in [0.29, 0.717) is 24.5 Å². The van der Waals surface area contributed by atoms with Crippen LogP contribution in [0.25, 0.3) is 0 Å². The van der Waals surface area contributed by atoms with Crippen LogP contribution in [-0.2, 0) is 27.2 Å². The molecule has 39 heavy (non-hydrogen) atoms. The Balaban J connectivity index is 1.36. The van der Waals surface area contributed by atoms with Crippen LogP contribution in [0.3, 0.4) is 0 Å². The fraction of sp³-hybridized carbons (Fsp3) is 0.533. The molecule has 2 heterocycles. The quantitative estimate of drug-likeness (QED) is 0.495. The number of ether oxygens (including phenoxy) is 3. The van der Waals surface area contributed by atoms with Crippen molar-refractivity contribution in [1.82, 2.24) is 15.5 Å². The van der Waals surface area contributed by atoms with Gasteiger partial charge in [-0.1, -0.05) is 36.4 Å². The van der Waals surface area contributed by atoms with Crippen LogP contribution in [0.5, 0.6) is 5.75 Å². The molecule has 1 unspecified atom stereocenters. The number of hydrogen-bond donors (Lipinski definition) is 3. The average molecular weight is 540 g/mol. The van der Waals surface area contributed by atoms with E-state index in [4.69, 9.17) is 14.2 Å². The second kappa shape index (κ2) is 11.9. The maximum atomic E-state index is 12.8. The molecule has 212 valence electrons. The normalized spacial score (nSPS) is 22.8.